The lowest BCUT2D eigenvalue weighted by molar-refractivity contribution is -0.0653. The average molecular weight is 283 g/mol. The first-order valence-electron chi connectivity index (χ1n) is 6.58. The molecule has 19 heavy (non-hydrogen) atoms. The number of sulfonamides is 1. The van der Waals surface area contributed by atoms with Gasteiger partial charge in [-0.3, -0.25) is 0 Å². The van der Waals surface area contributed by atoms with Crippen molar-refractivity contribution in [3.8, 4) is 0 Å². The first-order chi connectivity index (χ1) is 8.77. The third-order valence-corrected chi connectivity index (χ3v) is 5.26. The molecule has 1 fully saturated rings. The summed E-state index contributed by atoms with van der Waals surface area (Å²) >= 11 is 0. The molecule has 106 valence electrons. The molecule has 4 nitrogen and oxygen atoms in total. The molecule has 1 N–H and O–H groups in total. The van der Waals surface area contributed by atoms with Crippen molar-refractivity contribution in [3.63, 3.8) is 0 Å². The maximum absolute atomic E-state index is 12.4. The second-order valence-corrected chi connectivity index (χ2v) is 7.51. The predicted molar refractivity (Wildman–Crippen MR) is 74.5 cm³/mol. The van der Waals surface area contributed by atoms with E-state index in [4.69, 9.17) is 0 Å². The zero-order valence-electron chi connectivity index (χ0n) is 11.7. The molecule has 0 spiro atoms. The Balaban J connectivity index is 2.21. The minimum Gasteiger partial charge on any atom is -0.387 e. The van der Waals surface area contributed by atoms with Crippen molar-refractivity contribution < 1.29 is 13.5 Å². The Kier molecular flexibility index (Phi) is 3.73. The van der Waals surface area contributed by atoms with Crippen LogP contribution in [0.3, 0.4) is 0 Å². The Morgan fingerprint density at radius 3 is 2.21 bits per heavy atom. The third-order valence-electron chi connectivity index (χ3n) is 3.49. The van der Waals surface area contributed by atoms with Gasteiger partial charge < -0.3 is 5.11 Å². The van der Waals surface area contributed by atoms with Gasteiger partial charge in [-0.15, -0.1) is 0 Å². The average Bonchev–Trinajstić information content (AvgIpc) is 2.24. The van der Waals surface area contributed by atoms with Crippen LogP contribution in [0.4, 0.5) is 0 Å². The maximum Gasteiger partial charge on any atom is 0.243 e. The van der Waals surface area contributed by atoms with E-state index in [0.29, 0.717) is 11.3 Å². The van der Waals surface area contributed by atoms with E-state index in [9.17, 15) is 13.5 Å². The molecule has 0 radical (unpaired) electrons. The van der Waals surface area contributed by atoms with Gasteiger partial charge in [-0.25, -0.2) is 8.42 Å². The Bertz CT molecular complexity index is 554. The van der Waals surface area contributed by atoms with Crippen LogP contribution in [0, 0.1) is 13.8 Å². The standard InChI is InChI=1S/C14H21NO3S/c1-4-5-14(16)9-15(10-14)19(17,18)13-7-11(2)6-12(3)8-13/h6-8,16H,4-5,9-10H2,1-3H3. The molecule has 1 heterocycles. The van der Waals surface area contributed by atoms with Crippen molar-refractivity contribution in [2.24, 2.45) is 0 Å². The Hall–Kier alpha value is -0.910. The third kappa shape index (κ3) is 2.83. The van der Waals surface area contributed by atoms with E-state index in [1.54, 1.807) is 12.1 Å². The number of benzene rings is 1. The predicted octanol–water partition coefficient (Wildman–Crippen LogP) is 1.84. The smallest absolute Gasteiger partial charge is 0.243 e. The van der Waals surface area contributed by atoms with Crippen LogP contribution in [0.5, 0.6) is 0 Å². The normalized spacial score (nSPS) is 19.2. The monoisotopic (exact) mass is 283 g/mol. The Morgan fingerprint density at radius 1 is 1.21 bits per heavy atom. The van der Waals surface area contributed by atoms with E-state index in [1.807, 2.05) is 26.8 Å². The minimum atomic E-state index is -3.46. The highest BCUT2D eigenvalue weighted by Gasteiger charge is 2.46. The zero-order chi connectivity index (χ0) is 14.3. The molecule has 0 amide bonds. The first-order valence-corrected chi connectivity index (χ1v) is 8.02. The van der Waals surface area contributed by atoms with Crippen molar-refractivity contribution in [2.45, 2.75) is 44.1 Å². The second-order valence-electron chi connectivity index (χ2n) is 5.57. The Labute approximate surface area is 115 Å². The van der Waals surface area contributed by atoms with Crippen LogP contribution in [0.2, 0.25) is 0 Å². The number of nitrogens with zero attached hydrogens (tertiary/aromatic N) is 1. The van der Waals surface area contributed by atoms with Gasteiger partial charge in [0, 0.05) is 13.1 Å². The first kappa shape index (κ1) is 14.5. The summed E-state index contributed by atoms with van der Waals surface area (Å²) < 4.78 is 26.2. The summed E-state index contributed by atoms with van der Waals surface area (Å²) in [5.74, 6) is 0. The number of aliphatic hydroxyl groups is 1. The molecule has 2 rings (SSSR count). The van der Waals surface area contributed by atoms with Crippen LogP contribution in [-0.2, 0) is 10.0 Å². The molecule has 5 heteroatoms. The van der Waals surface area contributed by atoms with Gasteiger partial charge in [-0.1, -0.05) is 19.4 Å². The number of hydrogen-bond acceptors (Lipinski definition) is 3. The van der Waals surface area contributed by atoms with Crippen molar-refractivity contribution in [1.82, 2.24) is 4.31 Å². The zero-order valence-corrected chi connectivity index (χ0v) is 12.5. The highest BCUT2D eigenvalue weighted by molar-refractivity contribution is 7.89. The maximum atomic E-state index is 12.4. The Morgan fingerprint density at radius 2 is 1.74 bits per heavy atom. The highest BCUT2D eigenvalue weighted by atomic mass is 32.2. The summed E-state index contributed by atoms with van der Waals surface area (Å²) in [4.78, 5) is 0.323. The van der Waals surface area contributed by atoms with Crippen LogP contribution in [0.15, 0.2) is 23.1 Å². The van der Waals surface area contributed by atoms with Gasteiger partial charge in [-0.2, -0.15) is 4.31 Å². The summed E-state index contributed by atoms with van der Waals surface area (Å²) in [5, 5.41) is 10.1. The molecule has 1 saturated heterocycles. The number of aryl methyl sites for hydroxylation is 2. The van der Waals surface area contributed by atoms with Crippen LogP contribution in [0.1, 0.15) is 30.9 Å². The van der Waals surface area contributed by atoms with Gasteiger partial charge >= 0.3 is 0 Å². The van der Waals surface area contributed by atoms with Gasteiger partial charge in [0.15, 0.2) is 0 Å². The fourth-order valence-corrected chi connectivity index (χ4v) is 4.42. The molecule has 0 bridgehead atoms. The van der Waals surface area contributed by atoms with Crippen LogP contribution in [0.25, 0.3) is 0 Å². The molecular formula is C14H21NO3S. The largest absolute Gasteiger partial charge is 0.387 e. The molecule has 0 saturated carbocycles. The molecule has 0 aliphatic carbocycles. The highest BCUT2D eigenvalue weighted by Crippen LogP contribution is 2.31. The van der Waals surface area contributed by atoms with Crippen LogP contribution < -0.4 is 0 Å². The van der Waals surface area contributed by atoms with Gasteiger partial charge in [0.05, 0.1) is 10.5 Å². The lowest BCUT2D eigenvalue weighted by atomic mass is 9.92. The minimum absolute atomic E-state index is 0.205. The topological polar surface area (TPSA) is 57.6 Å². The SMILES string of the molecule is CCCC1(O)CN(S(=O)(=O)c2cc(C)cc(C)c2)C1. The van der Waals surface area contributed by atoms with E-state index in [0.717, 1.165) is 17.5 Å². The summed E-state index contributed by atoms with van der Waals surface area (Å²) in [7, 11) is -3.46. The molecule has 1 aliphatic rings. The van der Waals surface area contributed by atoms with Crippen LogP contribution >= 0.6 is 0 Å². The van der Waals surface area contributed by atoms with Gasteiger partial charge in [-0.05, 0) is 43.5 Å². The van der Waals surface area contributed by atoms with Gasteiger partial charge in [0.25, 0.3) is 0 Å². The van der Waals surface area contributed by atoms with Crippen molar-refractivity contribution in [3.05, 3.63) is 29.3 Å². The lowest BCUT2D eigenvalue weighted by Crippen LogP contribution is -2.63. The summed E-state index contributed by atoms with van der Waals surface area (Å²) in [6.07, 6.45) is 1.50. The van der Waals surface area contributed by atoms with E-state index in [1.165, 1.54) is 4.31 Å². The number of rotatable bonds is 4. The molecule has 0 aromatic heterocycles. The van der Waals surface area contributed by atoms with Crippen molar-refractivity contribution in [1.29, 1.82) is 0 Å². The number of β-amino-alcohol motifs (C(OH)–C–C–N with tert-alkyl or cyclic N) is 1. The van der Waals surface area contributed by atoms with E-state index in [-0.39, 0.29) is 13.1 Å². The summed E-state index contributed by atoms with van der Waals surface area (Å²) in [6.45, 7) is 6.16. The molecule has 0 atom stereocenters. The van der Waals surface area contributed by atoms with Gasteiger partial charge in [0.1, 0.15) is 0 Å². The van der Waals surface area contributed by atoms with Crippen LogP contribution in [-0.4, -0.2) is 36.5 Å². The number of hydrogen-bond donors (Lipinski definition) is 1. The molecular weight excluding hydrogens is 262 g/mol. The molecule has 1 aliphatic heterocycles. The quantitative estimate of drug-likeness (QED) is 0.917. The van der Waals surface area contributed by atoms with E-state index in [2.05, 4.69) is 0 Å². The summed E-state index contributed by atoms with van der Waals surface area (Å²) in [5.41, 5.74) is 1.03. The molecule has 0 unspecified atom stereocenters. The lowest BCUT2D eigenvalue weighted by Gasteiger charge is -2.45. The van der Waals surface area contributed by atoms with Gasteiger partial charge in [0.2, 0.25) is 10.0 Å². The fourth-order valence-electron chi connectivity index (χ4n) is 2.63. The molecule has 1 aromatic rings. The fraction of sp³-hybridized carbons (Fsp3) is 0.571. The molecule has 1 aromatic carbocycles. The van der Waals surface area contributed by atoms with Crippen molar-refractivity contribution in [2.75, 3.05) is 13.1 Å². The summed E-state index contributed by atoms with van der Waals surface area (Å²) in [6, 6.07) is 5.31. The second kappa shape index (κ2) is 4.89. The van der Waals surface area contributed by atoms with E-state index >= 15 is 0 Å². The van der Waals surface area contributed by atoms with Crippen molar-refractivity contribution >= 4 is 10.0 Å². The van der Waals surface area contributed by atoms with E-state index < -0.39 is 15.6 Å².